The van der Waals surface area contributed by atoms with Crippen LogP contribution >= 0.6 is 12.4 Å². The van der Waals surface area contributed by atoms with Crippen molar-refractivity contribution in [1.29, 1.82) is 0 Å². The Labute approximate surface area is 135 Å². The van der Waals surface area contributed by atoms with Crippen molar-refractivity contribution in [3.8, 4) is 0 Å². The fourth-order valence-corrected chi connectivity index (χ4v) is 2.37. The van der Waals surface area contributed by atoms with E-state index >= 15 is 0 Å². The van der Waals surface area contributed by atoms with Crippen LogP contribution in [0.3, 0.4) is 0 Å². The zero-order valence-electron chi connectivity index (χ0n) is 12.9. The molecule has 0 bridgehead atoms. The molecule has 0 aliphatic heterocycles. The van der Waals surface area contributed by atoms with Crippen LogP contribution in [0.15, 0.2) is 18.5 Å². The molecule has 0 aliphatic carbocycles. The quantitative estimate of drug-likeness (QED) is 0.779. The molecule has 1 N–H and O–H groups in total. The maximum atomic E-state index is 4.47. The SMILES string of the molecule is Cc1cc(C)n(CCCN(C)c2ncc3cn[nH]c3n2)n1.Cl. The van der Waals surface area contributed by atoms with Gasteiger partial charge in [0.2, 0.25) is 5.95 Å². The highest BCUT2D eigenvalue weighted by atomic mass is 35.5. The van der Waals surface area contributed by atoms with E-state index in [1.54, 1.807) is 12.4 Å². The third kappa shape index (κ3) is 3.36. The second kappa shape index (κ2) is 6.74. The first-order valence-electron chi connectivity index (χ1n) is 7.02. The zero-order valence-corrected chi connectivity index (χ0v) is 13.8. The smallest absolute Gasteiger partial charge is 0.227 e. The highest BCUT2D eigenvalue weighted by Gasteiger charge is 2.07. The fourth-order valence-electron chi connectivity index (χ4n) is 2.37. The standard InChI is InChI=1S/C14H19N7.ClH/c1-10-7-11(2)21(19-10)6-4-5-20(3)14-15-8-12-9-16-18-13(12)17-14;/h7-9H,4-6H2,1-3H3,(H,15,16,17,18);1H. The molecule has 7 nitrogen and oxygen atoms in total. The number of aryl methyl sites for hydroxylation is 3. The van der Waals surface area contributed by atoms with Crippen molar-refractivity contribution >= 4 is 29.4 Å². The summed E-state index contributed by atoms with van der Waals surface area (Å²) in [6.45, 7) is 5.87. The van der Waals surface area contributed by atoms with Crippen molar-refractivity contribution in [1.82, 2.24) is 29.9 Å². The summed E-state index contributed by atoms with van der Waals surface area (Å²) in [5, 5.41) is 12.2. The Kier molecular flexibility index (Phi) is 4.97. The molecule has 0 atom stereocenters. The summed E-state index contributed by atoms with van der Waals surface area (Å²) < 4.78 is 2.04. The van der Waals surface area contributed by atoms with E-state index in [-0.39, 0.29) is 12.4 Å². The number of anilines is 1. The second-order valence-electron chi connectivity index (χ2n) is 5.27. The van der Waals surface area contributed by atoms with Crippen molar-refractivity contribution in [2.75, 3.05) is 18.5 Å². The Balaban J connectivity index is 0.00000176. The van der Waals surface area contributed by atoms with Gasteiger partial charge in [0, 0.05) is 32.0 Å². The minimum Gasteiger partial charge on any atom is -0.344 e. The maximum absolute atomic E-state index is 4.47. The number of H-pyrrole nitrogens is 1. The summed E-state index contributed by atoms with van der Waals surface area (Å²) in [5.41, 5.74) is 3.03. The molecule has 22 heavy (non-hydrogen) atoms. The Morgan fingerprint density at radius 2 is 2.09 bits per heavy atom. The lowest BCUT2D eigenvalue weighted by Crippen LogP contribution is -2.22. The van der Waals surface area contributed by atoms with Gasteiger partial charge in [-0.1, -0.05) is 0 Å². The highest BCUT2D eigenvalue weighted by molar-refractivity contribution is 5.85. The van der Waals surface area contributed by atoms with Crippen molar-refractivity contribution in [2.45, 2.75) is 26.8 Å². The van der Waals surface area contributed by atoms with Crippen LogP contribution in [0.1, 0.15) is 17.8 Å². The average Bonchev–Trinajstić information content (AvgIpc) is 3.04. The summed E-state index contributed by atoms with van der Waals surface area (Å²) in [6.07, 6.45) is 4.50. The summed E-state index contributed by atoms with van der Waals surface area (Å²) in [4.78, 5) is 10.9. The largest absolute Gasteiger partial charge is 0.344 e. The van der Waals surface area contributed by atoms with Gasteiger partial charge in [-0.2, -0.15) is 15.2 Å². The summed E-state index contributed by atoms with van der Waals surface area (Å²) in [6, 6.07) is 2.10. The average molecular weight is 322 g/mol. The third-order valence-corrected chi connectivity index (χ3v) is 3.49. The van der Waals surface area contributed by atoms with Gasteiger partial charge in [-0.05, 0) is 26.3 Å². The summed E-state index contributed by atoms with van der Waals surface area (Å²) >= 11 is 0. The van der Waals surface area contributed by atoms with Gasteiger partial charge in [-0.3, -0.25) is 9.78 Å². The monoisotopic (exact) mass is 321 g/mol. The topological polar surface area (TPSA) is 75.5 Å². The molecule has 0 unspecified atom stereocenters. The number of hydrogen-bond donors (Lipinski definition) is 1. The lowest BCUT2D eigenvalue weighted by atomic mass is 10.3. The predicted molar refractivity (Wildman–Crippen MR) is 88.5 cm³/mol. The molecular formula is C14H20ClN7. The molecule has 0 saturated carbocycles. The van der Waals surface area contributed by atoms with Crippen LogP contribution in [0.4, 0.5) is 5.95 Å². The molecular weight excluding hydrogens is 302 g/mol. The van der Waals surface area contributed by atoms with Crippen LogP contribution in [0.5, 0.6) is 0 Å². The third-order valence-electron chi connectivity index (χ3n) is 3.49. The first kappa shape index (κ1) is 16.2. The molecule has 8 heteroatoms. The molecule has 0 aromatic carbocycles. The van der Waals surface area contributed by atoms with Gasteiger partial charge in [-0.25, -0.2) is 4.98 Å². The number of fused-ring (bicyclic) bond motifs is 1. The van der Waals surface area contributed by atoms with E-state index in [4.69, 9.17) is 0 Å². The van der Waals surface area contributed by atoms with Gasteiger partial charge in [-0.15, -0.1) is 12.4 Å². The van der Waals surface area contributed by atoms with Gasteiger partial charge in [0.25, 0.3) is 0 Å². The fraction of sp³-hybridized carbons (Fsp3) is 0.429. The molecule has 0 saturated heterocycles. The molecule has 3 heterocycles. The summed E-state index contributed by atoms with van der Waals surface area (Å²) in [7, 11) is 2.00. The molecule has 0 fully saturated rings. The number of aromatic amines is 1. The van der Waals surface area contributed by atoms with E-state index < -0.39 is 0 Å². The molecule has 0 amide bonds. The zero-order chi connectivity index (χ0) is 14.8. The first-order valence-corrected chi connectivity index (χ1v) is 7.02. The van der Waals surface area contributed by atoms with E-state index in [2.05, 4.69) is 38.3 Å². The van der Waals surface area contributed by atoms with Crippen molar-refractivity contribution in [3.63, 3.8) is 0 Å². The van der Waals surface area contributed by atoms with Crippen LogP contribution < -0.4 is 4.90 Å². The summed E-state index contributed by atoms with van der Waals surface area (Å²) in [5.74, 6) is 0.708. The molecule has 3 aromatic rings. The minimum atomic E-state index is 0. The predicted octanol–water partition coefficient (Wildman–Crippen LogP) is 2.11. The van der Waals surface area contributed by atoms with Crippen molar-refractivity contribution in [3.05, 3.63) is 29.8 Å². The normalized spacial score (nSPS) is 10.7. The van der Waals surface area contributed by atoms with Gasteiger partial charge in [0.15, 0.2) is 5.65 Å². The number of hydrogen-bond acceptors (Lipinski definition) is 5. The Bertz CT molecular complexity index is 749. The number of aromatic nitrogens is 6. The molecule has 3 aromatic heterocycles. The molecule has 0 aliphatic rings. The van der Waals surface area contributed by atoms with Gasteiger partial charge < -0.3 is 4.90 Å². The number of rotatable bonds is 5. The van der Waals surface area contributed by atoms with Crippen LogP contribution in [0, 0.1) is 13.8 Å². The first-order chi connectivity index (χ1) is 10.1. The van der Waals surface area contributed by atoms with Gasteiger partial charge in [0.05, 0.1) is 17.3 Å². The second-order valence-corrected chi connectivity index (χ2v) is 5.27. The number of nitrogens with one attached hydrogen (secondary N) is 1. The van der Waals surface area contributed by atoms with Crippen LogP contribution in [-0.4, -0.2) is 43.5 Å². The molecule has 0 spiro atoms. The van der Waals surface area contributed by atoms with Crippen molar-refractivity contribution in [2.24, 2.45) is 0 Å². The molecule has 118 valence electrons. The van der Waals surface area contributed by atoms with E-state index in [0.29, 0.717) is 5.95 Å². The Morgan fingerprint density at radius 1 is 1.27 bits per heavy atom. The molecule has 3 rings (SSSR count). The van der Waals surface area contributed by atoms with Crippen LogP contribution in [0.2, 0.25) is 0 Å². The maximum Gasteiger partial charge on any atom is 0.227 e. The van der Waals surface area contributed by atoms with Crippen molar-refractivity contribution < 1.29 is 0 Å². The number of halogens is 1. The lowest BCUT2D eigenvalue weighted by molar-refractivity contribution is 0.560. The van der Waals surface area contributed by atoms with E-state index in [1.807, 2.05) is 23.6 Å². The van der Waals surface area contributed by atoms with E-state index in [0.717, 1.165) is 36.2 Å². The minimum absolute atomic E-state index is 0. The van der Waals surface area contributed by atoms with Crippen LogP contribution in [0.25, 0.3) is 11.0 Å². The van der Waals surface area contributed by atoms with Crippen LogP contribution in [-0.2, 0) is 6.54 Å². The Morgan fingerprint density at radius 3 is 2.82 bits per heavy atom. The van der Waals surface area contributed by atoms with Gasteiger partial charge in [0.1, 0.15) is 0 Å². The van der Waals surface area contributed by atoms with Gasteiger partial charge >= 0.3 is 0 Å². The Hall–Kier alpha value is -2.15. The van der Waals surface area contributed by atoms with E-state index in [9.17, 15) is 0 Å². The number of nitrogens with zero attached hydrogens (tertiary/aromatic N) is 6. The highest BCUT2D eigenvalue weighted by Crippen LogP contribution is 2.12. The lowest BCUT2D eigenvalue weighted by Gasteiger charge is -2.16. The molecule has 0 radical (unpaired) electrons. The van der Waals surface area contributed by atoms with E-state index in [1.165, 1.54) is 5.69 Å².